The number of anilines is 1. The van der Waals surface area contributed by atoms with Gasteiger partial charge in [0.05, 0.1) is 0 Å². The average molecular weight is 232 g/mol. The van der Waals surface area contributed by atoms with Crippen molar-refractivity contribution < 1.29 is 9.90 Å². The molecular formula is C11H12N4O2. The maximum Gasteiger partial charge on any atom is 0.326 e. The molecule has 0 aliphatic rings. The molecular weight excluding hydrogens is 220 g/mol. The first-order chi connectivity index (χ1) is 8.09. The molecule has 0 aliphatic heterocycles. The van der Waals surface area contributed by atoms with Gasteiger partial charge in [-0.3, -0.25) is 4.98 Å². The Hall–Kier alpha value is -2.24. The Morgan fingerprint density at radius 3 is 2.76 bits per heavy atom. The fourth-order valence-corrected chi connectivity index (χ4v) is 1.40. The average Bonchev–Trinajstić information content (AvgIpc) is 2.36. The zero-order valence-corrected chi connectivity index (χ0v) is 9.53. The van der Waals surface area contributed by atoms with Crippen LogP contribution in [0.4, 0.5) is 5.82 Å². The van der Waals surface area contributed by atoms with Crippen molar-refractivity contribution in [1.82, 2.24) is 15.0 Å². The molecule has 0 spiro atoms. The van der Waals surface area contributed by atoms with Crippen LogP contribution in [-0.2, 0) is 4.79 Å². The number of fused-ring (bicyclic) bond motifs is 1. The van der Waals surface area contributed by atoms with Crippen molar-refractivity contribution >= 4 is 23.0 Å². The molecule has 0 saturated carbocycles. The SMILES string of the molecule is CC(C(=O)O)N(C)c1ccc2nccnc2n1. The summed E-state index contributed by atoms with van der Waals surface area (Å²) in [5.74, 6) is -0.332. The number of carboxylic acid groups (broad SMARTS) is 1. The lowest BCUT2D eigenvalue weighted by Crippen LogP contribution is -2.36. The summed E-state index contributed by atoms with van der Waals surface area (Å²) in [6.07, 6.45) is 3.15. The summed E-state index contributed by atoms with van der Waals surface area (Å²) in [6.45, 7) is 1.60. The largest absolute Gasteiger partial charge is 0.480 e. The Morgan fingerprint density at radius 1 is 1.35 bits per heavy atom. The molecule has 1 N–H and O–H groups in total. The Balaban J connectivity index is 2.39. The number of pyridine rings is 1. The Bertz CT molecular complexity index is 558. The van der Waals surface area contributed by atoms with Crippen LogP contribution in [0.3, 0.4) is 0 Å². The van der Waals surface area contributed by atoms with E-state index >= 15 is 0 Å². The summed E-state index contributed by atoms with van der Waals surface area (Å²) < 4.78 is 0. The first-order valence-electron chi connectivity index (χ1n) is 5.13. The Labute approximate surface area is 97.9 Å². The van der Waals surface area contributed by atoms with Gasteiger partial charge in [0.1, 0.15) is 17.4 Å². The van der Waals surface area contributed by atoms with E-state index in [0.717, 1.165) is 0 Å². The lowest BCUT2D eigenvalue weighted by atomic mass is 10.3. The molecule has 88 valence electrons. The Morgan fingerprint density at radius 2 is 2.06 bits per heavy atom. The minimum absolute atomic E-state index is 0.509. The van der Waals surface area contributed by atoms with Gasteiger partial charge in [0.25, 0.3) is 0 Å². The van der Waals surface area contributed by atoms with E-state index < -0.39 is 12.0 Å². The molecule has 1 unspecified atom stereocenters. The summed E-state index contributed by atoms with van der Waals surface area (Å²) in [4.78, 5) is 24.9. The quantitative estimate of drug-likeness (QED) is 0.848. The summed E-state index contributed by atoms with van der Waals surface area (Å²) in [5, 5.41) is 8.93. The van der Waals surface area contributed by atoms with Crippen LogP contribution in [0.2, 0.25) is 0 Å². The van der Waals surface area contributed by atoms with Crippen molar-refractivity contribution in [2.45, 2.75) is 13.0 Å². The molecule has 0 radical (unpaired) electrons. The van der Waals surface area contributed by atoms with Crippen molar-refractivity contribution in [1.29, 1.82) is 0 Å². The second-order valence-electron chi connectivity index (χ2n) is 3.69. The van der Waals surface area contributed by atoms with E-state index in [1.807, 2.05) is 0 Å². The van der Waals surface area contributed by atoms with Gasteiger partial charge in [-0.1, -0.05) is 0 Å². The second kappa shape index (κ2) is 4.32. The van der Waals surface area contributed by atoms with E-state index in [2.05, 4.69) is 15.0 Å². The number of nitrogens with zero attached hydrogens (tertiary/aromatic N) is 4. The van der Waals surface area contributed by atoms with E-state index in [1.165, 1.54) is 0 Å². The lowest BCUT2D eigenvalue weighted by molar-refractivity contribution is -0.138. The van der Waals surface area contributed by atoms with Crippen molar-refractivity contribution in [2.24, 2.45) is 0 Å². The molecule has 2 aromatic heterocycles. The number of aromatic nitrogens is 3. The van der Waals surface area contributed by atoms with Crippen LogP contribution in [0.25, 0.3) is 11.2 Å². The lowest BCUT2D eigenvalue weighted by Gasteiger charge is -2.22. The van der Waals surface area contributed by atoms with Crippen LogP contribution < -0.4 is 4.90 Å². The van der Waals surface area contributed by atoms with Gasteiger partial charge in [0.15, 0.2) is 5.65 Å². The first kappa shape index (κ1) is 11.3. The molecule has 1 atom stereocenters. The van der Waals surface area contributed by atoms with E-state index in [4.69, 9.17) is 5.11 Å². The van der Waals surface area contributed by atoms with Crippen LogP contribution in [0.5, 0.6) is 0 Å². The Kier molecular flexibility index (Phi) is 2.86. The van der Waals surface area contributed by atoms with Gasteiger partial charge in [0, 0.05) is 19.4 Å². The van der Waals surface area contributed by atoms with Crippen molar-refractivity contribution in [3.05, 3.63) is 24.5 Å². The highest BCUT2D eigenvalue weighted by atomic mass is 16.4. The zero-order valence-electron chi connectivity index (χ0n) is 9.53. The number of hydrogen-bond acceptors (Lipinski definition) is 5. The van der Waals surface area contributed by atoms with Gasteiger partial charge in [-0.2, -0.15) is 0 Å². The van der Waals surface area contributed by atoms with Crippen molar-refractivity contribution in [3.63, 3.8) is 0 Å². The summed E-state index contributed by atoms with van der Waals surface area (Å²) in [5.41, 5.74) is 1.20. The van der Waals surface area contributed by atoms with Gasteiger partial charge in [0.2, 0.25) is 0 Å². The van der Waals surface area contributed by atoms with Crippen LogP contribution >= 0.6 is 0 Å². The van der Waals surface area contributed by atoms with E-state index in [9.17, 15) is 4.79 Å². The van der Waals surface area contributed by atoms with E-state index in [0.29, 0.717) is 17.0 Å². The number of hydrogen-bond donors (Lipinski definition) is 1. The topological polar surface area (TPSA) is 79.2 Å². The highest BCUT2D eigenvalue weighted by molar-refractivity contribution is 5.78. The van der Waals surface area contributed by atoms with Crippen LogP contribution in [0.15, 0.2) is 24.5 Å². The number of carbonyl (C=O) groups is 1. The smallest absolute Gasteiger partial charge is 0.326 e. The molecule has 2 aromatic rings. The summed E-state index contributed by atoms with van der Waals surface area (Å²) in [7, 11) is 1.68. The van der Waals surface area contributed by atoms with Crippen molar-refractivity contribution in [3.8, 4) is 0 Å². The fourth-order valence-electron chi connectivity index (χ4n) is 1.40. The van der Waals surface area contributed by atoms with Gasteiger partial charge in [-0.05, 0) is 19.1 Å². The molecule has 0 aromatic carbocycles. The fraction of sp³-hybridized carbons (Fsp3) is 0.273. The molecule has 0 aliphatic carbocycles. The maximum absolute atomic E-state index is 10.9. The maximum atomic E-state index is 10.9. The third-order valence-corrected chi connectivity index (χ3v) is 2.62. The van der Waals surface area contributed by atoms with E-state index in [-0.39, 0.29) is 0 Å². The number of aliphatic carboxylic acids is 1. The molecule has 0 saturated heterocycles. The van der Waals surface area contributed by atoms with Crippen molar-refractivity contribution in [2.75, 3.05) is 11.9 Å². The predicted octanol–water partition coefficient (Wildman–Crippen LogP) is 0.934. The standard InChI is InChI=1S/C11H12N4O2/c1-7(11(16)17)15(2)9-4-3-8-10(14-9)13-6-5-12-8/h3-7H,1-2H3,(H,16,17). The monoisotopic (exact) mass is 232 g/mol. The number of carboxylic acids is 1. The highest BCUT2D eigenvalue weighted by Gasteiger charge is 2.18. The second-order valence-corrected chi connectivity index (χ2v) is 3.69. The molecule has 6 heteroatoms. The molecule has 2 heterocycles. The zero-order chi connectivity index (χ0) is 12.4. The summed E-state index contributed by atoms with van der Waals surface area (Å²) in [6, 6.07) is 2.86. The normalized spacial score (nSPS) is 12.4. The third-order valence-electron chi connectivity index (χ3n) is 2.62. The number of likely N-dealkylation sites (N-methyl/N-ethyl adjacent to an activating group) is 1. The van der Waals surface area contributed by atoms with Gasteiger partial charge in [-0.25, -0.2) is 14.8 Å². The molecule has 2 rings (SSSR count). The number of rotatable bonds is 3. The van der Waals surface area contributed by atoms with Gasteiger partial charge in [-0.15, -0.1) is 0 Å². The van der Waals surface area contributed by atoms with Crippen LogP contribution in [0, 0.1) is 0 Å². The molecule has 17 heavy (non-hydrogen) atoms. The van der Waals surface area contributed by atoms with Gasteiger partial charge < -0.3 is 10.0 Å². The molecule has 0 amide bonds. The minimum Gasteiger partial charge on any atom is -0.480 e. The molecule has 0 fully saturated rings. The minimum atomic E-state index is -0.895. The first-order valence-corrected chi connectivity index (χ1v) is 5.13. The van der Waals surface area contributed by atoms with Gasteiger partial charge >= 0.3 is 5.97 Å². The predicted molar refractivity (Wildman–Crippen MR) is 62.8 cm³/mol. The summed E-state index contributed by atoms with van der Waals surface area (Å²) >= 11 is 0. The highest BCUT2D eigenvalue weighted by Crippen LogP contribution is 2.15. The van der Waals surface area contributed by atoms with Crippen LogP contribution in [-0.4, -0.2) is 39.1 Å². The van der Waals surface area contributed by atoms with Crippen LogP contribution in [0.1, 0.15) is 6.92 Å². The molecule has 6 nitrogen and oxygen atoms in total. The van der Waals surface area contributed by atoms with E-state index in [1.54, 1.807) is 43.4 Å². The third kappa shape index (κ3) is 2.15. The molecule has 0 bridgehead atoms.